The van der Waals surface area contributed by atoms with Gasteiger partial charge in [-0.3, -0.25) is 0 Å². The van der Waals surface area contributed by atoms with Crippen molar-refractivity contribution in [1.82, 2.24) is 0 Å². The van der Waals surface area contributed by atoms with Crippen molar-refractivity contribution in [3.63, 3.8) is 0 Å². The van der Waals surface area contributed by atoms with E-state index in [0.717, 1.165) is 6.42 Å². The summed E-state index contributed by atoms with van der Waals surface area (Å²) in [6.07, 6.45) is 0.283. The van der Waals surface area contributed by atoms with Crippen LogP contribution in [0.25, 0.3) is 0 Å². The molecule has 1 aromatic rings. The molecule has 15 heavy (non-hydrogen) atoms. The van der Waals surface area contributed by atoms with Crippen LogP contribution in [0.4, 0.5) is 0 Å². The molecule has 1 aromatic carbocycles. The Kier molecular flexibility index (Phi) is 4.05. The molecular formula is C12H16Cl2O. The Hall–Kier alpha value is -0.240. The van der Waals surface area contributed by atoms with E-state index in [-0.39, 0.29) is 5.41 Å². The molecule has 0 aliphatic carbocycles. The monoisotopic (exact) mass is 246 g/mol. The van der Waals surface area contributed by atoms with E-state index in [1.54, 1.807) is 12.1 Å². The minimum atomic E-state index is -0.589. The highest BCUT2D eigenvalue weighted by atomic mass is 35.5. The van der Waals surface area contributed by atoms with Gasteiger partial charge in [0.25, 0.3) is 0 Å². The van der Waals surface area contributed by atoms with Gasteiger partial charge in [0.15, 0.2) is 0 Å². The normalized spacial score (nSPS) is 14.0. The summed E-state index contributed by atoms with van der Waals surface area (Å²) < 4.78 is 0. The molecule has 0 fully saturated rings. The molecule has 0 aliphatic rings. The van der Waals surface area contributed by atoms with Crippen molar-refractivity contribution in [2.45, 2.75) is 33.3 Å². The summed E-state index contributed by atoms with van der Waals surface area (Å²) in [4.78, 5) is 0. The molecule has 0 bridgehead atoms. The van der Waals surface area contributed by atoms with E-state index in [1.807, 2.05) is 26.8 Å². The lowest BCUT2D eigenvalue weighted by molar-refractivity contribution is 0.0466. The zero-order valence-corrected chi connectivity index (χ0v) is 10.7. The van der Waals surface area contributed by atoms with Crippen molar-refractivity contribution in [3.8, 4) is 0 Å². The Morgan fingerprint density at radius 3 is 2.47 bits per heavy atom. The highest BCUT2D eigenvalue weighted by molar-refractivity contribution is 6.42. The van der Waals surface area contributed by atoms with Crippen LogP contribution in [0.3, 0.4) is 0 Å². The second kappa shape index (κ2) is 4.73. The van der Waals surface area contributed by atoms with Crippen LogP contribution in [0.5, 0.6) is 0 Å². The molecular weight excluding hydrogens is 231 g/mol. The van der Waals surface area contributed by atoms with Crippen LogP contribution in [0, 0.1) is 5.41 Å². The van der Waals surface area contributed by atoms with Crippen molar-refractivity contribution in [1.29, 1.82) is 0 Å². The topological polar surface area (TPSA) is 20.2 Å². The number of aliphatic hydroxyl groups excluding tert-OH is 1. The van der Waals surface area contributed by atoms with Crippen LogP contribution < -0.4 is 0 Å². The van der Waals surface area contributed by atoms with E-state index >= 15 is 0 Å². The van der Waals surface area contributed by atoms with Gasteiger partial charge in [-0.2, -0.15) is 0 Å². The Bertz CT molecular complexity index is 347. The highest BCUT2D eigenvalue weighted by Crippen LogP contribution is 2.40. The van der Waals surface area contributed by atoms with Gasteiger partial charge in [-0.05, 0) is 17.9 Å². The fraction of sp³-hybridized carbons (Fsp3) is 0.500. The molecule has 1 nitrogen and oxygen atoms in total. The maximum absolute atomic E-state index is 10.2. The summed E-state index contributed by atoms with van der Waals surface area (Å²) in [5, 5.41) is 11.1. The zero-order valence-electron chi connectivity index (χ0n) is 9.22. The molecule has 3 heteroatoms. The smallest absolute Gasteiger partial charge is 0.0855 e. The van der Waals surface area contributed by atoms with Crippen molar-refractivity contribution < 1.29 is 5.11 Å². The van der Waals surface area contributed by atoms with Gasteiger partial charge in [0, 0.05) is 5.56 Å². The summed E-state index contributed by atoms with van der Waals surface area (Å²) in [6.45, 7) is 6.06. The summed E-state index contributed by atoms with van der Waals surface area (Å²) in [5.74, 6) is 0. The van der Waals surface area contributed by atoms with E-state index in [4.69, 9.17) is 23.2 Å². The molecule has 0 aliphatic heterocycles. The fourth-order valence-corrected chi connectivity index (χ4v) is 1.76. The number of hydrogen-bond donors (Lipinski definition) is 1. The third-order valence-corrected chi connectivity index (χ3v) is 3.76. The largest absolute Gasteiger partial charge is 0.388 e. The second-order valence-corrected chi connectivity index (χ2v) is 5.17. The third-order valence-electron chi connectivity index (χ3n) is 2.93. The standard InChI is InChI=1S/C12H16Cl2O/c1-4-12(2,3)11(15)8-6-5-7-9(13)10(8)14/h5-7,11,15H,4H2,1-3H3. The first-order valence-electron chi connectivity index (χ1n) is 5.02. The Labute approximate surface area is 101 Å². The lowest BCUT2D eigenvalue weighted by atomic mass is 9.80. The van der Waals surface area contributed by atoms with Gasteiger partial charge < -0.3 is 5.11 Å². The molecule has 0 saturated heterocycles. The molecule has 0 spiro atoms. The van der Waals surface area contributed by atoms with E-state index in [0.29, 0.717) is 15.6 Å². The molecule has 1 rings (SSSR count). The van der Waals surface area contributed by atoms with E-state index in [1.165, 1.54) is 0 Å². The third kappa shape index (κ3) is 2.66. The van der Waals surface area contributed by atoms with Gasteiger partial charge in [-0.15, -0.1) is 0 Å². The molecule has 1 atom stereocenters. The second-order valence-electron chi connectivity index (χ2n) is 4.39. The fourth-order valence-electron chi connectivity index (χ4n) is 1.35. The summed E-state index contributed by atoms with van der Waals surface area (Å²) in [5.41, 5.74) is 0.505. The van der Waals surface area contributed by atoms with Crippen molar-refractivity contribution in [3.05, 3.63) is 33.8 Å². The molecule has 0 amide bonds. The van der Waals surface area contributed by atoms with Gasteiger partial charge in [0.2, 0.25) is 0 Å². The van der Waals surface area contributed by atoms with E-state index in [9.17, 15) is 5.11 Å². The van der Waals surface area contributed by atoms with Gasteiger partial charge in [-0.1, -0.05) is 56.1 Å². The molecule has 0 radical (unpaired) electrons. The summed E-state index contributed by atoms with van der Waals surface area (Å²) in [6, 6.07) is 5.34. The van der Waals surface area contributed by atoms with Crippen LogP contribution >= 0.6 is 23.2 Å². The number of halogens is 2. The molecule has 1 unspecified atom stereocenters. The first kappa shape index (κ1) is 12.8. The Morgan fingerprint density at radius 2 is 1.93 bits per heavy atom. The number of rotatable bonds is 3. The average molecular weight is 247 g/mol. The molecule has 1 N–H and O–H groups in total. The Balaban J connectivity index is 3.12. The predicted octanol–water partition coefficient (Wildman–Crippen LogP) is 4.46. The first-order chi connectivity index (χ1) is 6.90. The SMILES string of the molecule is CCC(C)(C)C(O)c1cccc(Cl)c1Cl. The van der Waals surface area contributed by atoms with E-state index < -0.39 is 6.10 Å². The van der Waals surface area contributed by atoms with Crippen LogP contribution in [-0.4, -0.2) is 5.11 Å². The minimum Gasteiger partial charge on any atom is -0.388 e. The number of hydrogen-bond acceptors (Lipinski definition) is 1. The highest BCUT2D eigenvalue weighted by Gasteiger charge is 2.29. The zero-order chi connectivity index (χ0) is 11.6. The summed E-state index contributed by atoms with van der Waals surface area (Å²) in [7, 11) is 0. The van der Waals surface area contributed by atoms with Crippen LogP contribution in [-0.2, 0) is 0 Å². The lowest BCUT2D eigenvalue weighted by Gasteiger charge is -2.30. The lowest BCUT2D eigenvalue weighted by Crippen LogP contribution is -2.21. The van der Waals surface area contributed by atoms with Gasteiger partial charge in [0.1, 0.15) is 0 Å². The average Bonchev–Trinajstić information content (AvgIpc) is 2.21. The minimum absolute atomic E-state index is 0.200. The number of benzene rings is 1. The molecule has 0 heterocycles. The van der Waals surface area contributed by atoms with Gasteiger partial charge in [-0.25, -0.2) is 0 Å². The maximum Gasteiger partial charge on any atom is 0.0855 e. The first-order valence-corrected chi connectivity index (χ1v) is 5.77. The van der Waals surface area contributed by atoms with Crippen molar-refractivity contribution in [2.24, 2.45) is 5.41 Å². The molecule has 0 aromatic heterocycles. The molecule has 0 saturated carbocycles. The quantitative estimate of drug-likeness (QED) is 0.835. The van der Waals surface area contributed by atoms with Gasteiger partial charge >= 0.3 is 0 Å². The Morgan fingerprint density at radius 1 is 1.33 bits per heavy atom. The maximum atomic E-state index is 10.2. The van der Waals surface area contributed by atoms with Crippen LogP contribution in [0.1, 0.15) is 38.9 Å². The number of aliphatic hydroxyl groups is 1. The van der Waals surface area contributed by atoms with Crippen molar-refractivity contribution in [2.75, 3.05) is 0 Å². The molecule has 84 valence electrons. The predicted molar refractivity (Wildman–Crippen MR) is 65.5 cm³/mol. The van der Waals surface area contributed by atoms with Crippen molar-refractivity contribution >= 4 is 23.2 Å². The van der Waals surface area contributed by atoms with Crippen LogP contribution in [0.2, 0.25) is 10.0 Å². The van der Waals surface area contributed by atoms with Gasteiger partial charge in [0.05, 0.1) is 16.1 Å². The summed E-state index contributed by atoms with van der Waals surface area (Å²) >= 11 is 12.0. The van der Waals surface area contributed by atoms with Crippen LogP contribution in [0.15, 0.2) is 18.2 Å². The van der Waals surface area contributed by atoms with E-state index in [2.05, 4.69) is 0 Å².